The topological polar surface area (TPSA) is 35.9 Å². The van der Waals surface area contributed by atoms with Gasteiger partial charge in [-0.05, 0) is 25.8 Å². The van der Waals surface area contributed by atoms with Gasteiger partial charge in [-0.1, -0.05) is 0 Å². The van der Waals surface area contributed by atoms with Gasteiger partial charge in [0.05, 0.1) is 0 Å². The molecule has 10 heavy (non-hydrogen) atoms. The number of hydrogen-bond donors (Lipinski definition) is 2. The monoisotopic (exact) mass is 138 g/mol. The number of nitrogens with one attached hydrogen (secondary N) is 2. The average molecular weight is 138 g/mol. The van der Waals surface area contributed by atoms with Gasteiger partial charge in [-0.3, -0.25) is 0 Å². The molecule has 0 radical (unpaired) electrons. The third-order valence-corrected chi connectivity index (χ3v) is 1.78. The van der Waals surface area contributed by atoms with Crippen LogP contribution in [-0.2, 0) is 0 Å². The van der Waals surface area contributed by atoms with Gasteiger partial charge >= 0.3 is 0 Å². The largest absolute Gasteiger partial charge is 0.392 e. The van der Waals surface area contributed by atoms with Crippen molar-refractivity contribution in [3.63, 3.8) is 0 Å². The molecule has 1 saturated carbocycles. The SMILES string of the molecule is CN/C(C)=C\C(=N)C1CC1. The Morgan fingerprint density at radius 3 is 2.60 bits per heavy atom. The average Bonchev–Trinajstić information content (AvgIpc) is 2.68. The Balaban J connectivity index is 2.41. The molecular weight excluding hydrogens is 124 g/mol. The summed E-state index contributed by atoms with van der Waals surface area (Å²) in [6.45, 7) is 1.98. The van der Waals surface area contributed by atoms with Crippen LogP contribution in [0.4, 0.5) is 0 Å². The molecule has 0 spiro atoms. The first-order chi connectivity index (χ1) is 4.74. The number of allylic oxidation sites excluding steroid dienone is 2. The van der Waals surface area contributed by atoms with E-state index in [-0.39, 0.29) is 0 Å². The summed E-state index contributed by atoms with van der Waals surface area (Å²) < 4.78 is 0. The zero-order chi connectivity index (χ0) is 7.56. The molecule has 2 nitrogen and oxygen atoms in total. The lowest BCUT2D eigenvalue weighted by atomic mass is 10.2. The zero-order valence-electron chi connectivity index (χ0n) is 6.57. The van der Waals surface area contributed by atoms with Gasteiger partial charge in [0.1, 0.15) is 0 Å². The Hall–Kier alpha value is -0.790. The summed E-state index contributed by atoms with van der Waals surface area (Å²) in [4.78, 5) is 0. The Kier molecular flexibility index (Phi) is 2.10. The van der Waals surface area contributed by atoms with Crippen LogP contribution >= 0.6 is 0 Å². The van der Waals surface area contributed by atoms with Gasteiger partial charge in [0.15, 0.2) is 0 Å². The highest BCUT2D eigenvalue weighted by molar-refractivity contribution is 5.96. The summed E-state index contributed by atoms with van der Waals surface area (Å²) in [5, 5.41) is 10.5. The van der Waals surface area contributed by atoms with Crippen LogP contribution in [0.25, 0.3) is 0 Å². The first-order valence-corrected chi connectivity index (χ1v) is 3.68. The number of rotatable bonds is 3. The molecule has 1 aliphatic carbocycles. The lowest BCUT2D eigenvalue weighted by molar-refractivity contribution is 0.988. The van der Waals surface area contributed by atoms with Crippen molar-refractivity contribution in [3.05, 3.63) is 11.8 Å². The van der Waals surface area contributed by atoms with E-state index in [1.54, 1.807) is 0 Å². The van der Waals surface area contributed by atoms with E-state index < -0.39 is 0 Å². The molecule has 0 aliphatic heterocycles. The molecule has 1 aliphatic rings. The minimum absolute atomic E-state index is 0.572. The molecule has 0 aromatic heterocycles. The lowest BCUT2D eigenvalue weighted by Crippen LogP contribution is -2.05. The van der Waals surface area contributed by atoms with Crippen molar-refractivity contribution < 1.29 is 0 Å². The van der Waals surface area contributed by atoms with Gasteiger partial charge < -0.3 is 10.7 Å². The fourth-order valence-corrected chi connectivity index (χ4v) is 0.818. The fraction of sp³-hybridized carbons (Fsp3) is 0.625. The summed E-state index contributed by atoms with van der Waals surface area (Å²) in [6, 6.07) is 0. The van der Waals surface area contributed by atoms with Gasteiger partial charge in [-0.2, -0.15) is 0 Å². The van der Waals surface area contributed by atoms with E-state index >= 15 is 0 Å². The summed E-state index contributed by atoms with van der Waals surface area (Å²) in [6.07, 6.45) is 4.34. The van der Waals surface area contributed by atoms with Gasteiger partial charge in [0.25, 0.3) is 0 Å². The van der Waals surface area contributed by atoms with Crippen LogP contribution in [0.1, 0.15) is 19.8 Å². The van der Waals surface area contributed by atoms with Gasteiger partial charge in [0.2, 0.25) is 0 Å². The van der Waals surface area contributed by atoms with Crippen LogP contribution in [0.2, 0.25) is 0 Å². The predicted octanol–water partition coefficient (Wildman–Crippen LogP) is 1.54. The van der Waals surface area contributed by atoms with Crippen molar-refractivity contribution in [1.82, 2.24) is 5.32 Å². The van der Waals surface area contributed by atoms with E-state index in [4.69, 9.17) is 5.41 Å². The van der Waals surface area contributed by atoms with Crippen LogP contribution in [0, 0.1) is 11.3 Å². The van der Waals surface area contributed by atoms with Crippen molar-refractivity contribution in [3.8, 4) is 0 Å². The van der Waals surface area contributed by atoms with Crippen LogP contribution < -0.4 is 5.32 Å². The molecule has 0 aromatic rings. The molecule has 0 saturated heterocycles. The van der Waals surface area contributed by atoms with Gasteiger partial charge in [-0.25, -0.2) is 0 Å². The highest BCUT2D eigenvalue weighted by atomic mass is 14.8. The molecule has 0 unspecified atom stereocenters. The maximum Gasteiger partial charge on any atom is 0.0361 e. The van der Waals surface area contributed by atoms with Gasteiger partial charge in [0, 0.05) is 24.4 Å². The first kappa shape index (κ1) is 7.32. The second kappa shape index (κ2) is 2.86. The first-order valence-electron chi connectivity index (χ1n) is 3.68. The normalized spacial score (nSPS) is 18.8. The summed E-state index contributed by atoms with van der Waals surface area (Å²) in [5.41, 5.74) is 1.86. The molecule has 2 heteroatoms. The maximum absolute atomic E-state index is 7.52. The molecule has 1 fully saturated rings. The molecule has 0 aromatic carbocycles. The summed E-state index contributed by atoms with van der Waals surface area (Å²) >= 11 is 0. The third kappa shape index (κ3) is 1.87. The highest BCUT2D eigenvalue weighted by Crippen LogP contribution is 2.30. The second-order valence-corrected chi connectivity index (χ2v) is 2.81. The van der Waals surface area contributed by atoms with E-state index in [1.807, 2.05) is 20.0 Å². The van der Waals surface area contributed by atoms with Crippen molar-refractivity contribution in [2.24, 2.45) is 5.92 Å². The van der Waals surface area contributed by atoms with Crippen molar-refractivity contribution >= 4 is 5.71 Å². The van der Waals surface area contributed by atoms with Crippen LogP contribution in [-0.4, -0.2) is 12.8 Å². The maximum atomic E-state index is 7.52. The number of hydrogen-bond acceptors (Lipinski definition) is 2. The standard InChI is InChI=1S/C8H14N2/c1-6(10-2)5-8(9)7-3-4-7/h5,7,9-10H,3-4H2,1-2H3/b6-5-,9-8?. The molecule has 0 heterocycles. The Labute approximate surface area is 61.8 Å². The molecule has 0 bridgehead atoms. The molecular formula is C8H14N2. The van der Waals surface area contributed by atoms with E-state index in [1.165, 1.54) is 12.8 Å². The second-order valence-electron chi connectivity index (χ2n) is 2.81. The Morgan fingerprint density at radius 1 is 1.60 bits per heavy atom. The van der Waals surface area contributed by atoms with E-state index in [0.29, 0.717) is 5.92 Å². The van der Waals surface area contributed by atoms with Crippen molar-refractivity contribution in [2.75, 3.05) is 7.05 Å². The molecule has 0 atom stereocenters. The van der Waals surface area contributed by atoms with E-state index in [2.05, 4.69) is 5.32 Å². The molecule has 0 amide bonds. The minimum atomic E-state index is 0.572. The van der Waals surface area contributed by atoms with E-state index in [9.17, 15) is 0 Å². The Morgan fingerprint density at radius 2 is 2.20 bits per heavy atom. The summed E-state index contributed by atoms with van der Waals surface area (Å²) in [5.74, 6) is 0.572. The van der Waals surface area contributed by atoms with Crippen molar-refractivity contribution in [1.29, 1.82) is 5.41 Å². The van der Waals surface area contributed by atoms with Crippen LogP contribution in [0.15, 0.2) is 11.8 Å². The Bertz CT molecular complexity index is 166. The zero-order valence-corrected chi connectivity index (χ0v) is 6.57. The van der Waals surface area contributed by atoms with Crippen molar-refractivity contribution in [2.45, 2.75) is 19.8 Å². The minimum Gasteiger partial charge on any atom is -0.392 e. The molecule has 1 rings (SSSR count). The van der Waals surface area contributed by atoms with E-state index in [0.717, 1.165) is 11.4 Å². The predicted molar refractivity (Wildman–Crippen MR) is 43.3 cm³/mol. The smallest absolute Gasteiger partial charge is 0.0361 e. The quantitative estimate of drug-likeness (QED) is 0.570. The summed E-state index contributed by atoms with van der Waals surface area (Å²) in [7, 11) is 1.88. The third-order valence-electron chi connectivity index (χ3n) is 1.78. The molecule has 2 N–H and O–H groups in total. The highest BCUT2D eigenvalue weighted by Gasteiger charge is 2.24. The lowest BCUT2D eigenvalue weighted by Gasteiger charge is -1.98. The molecule has 56 valence electrons. The fourth-order valence-electron chi connectivity index (χ4n) is 0.818. The van der Waals surface area contributed by atoms with Gasteiger partial charge in [-0.15, -0.1) is 0 Å². The van der Waals surface area contributed by atoms with Crippen LogP contribution in [0.3, 0.4) is 0 Å². The van der Waals surface area contributed by atoms with Crippen LogP contribution in [0.5, 0.6) is 0 Å².